The molecule has 1 heterocycles. The van der Waals surface area contributed by atoms with Crippen LogP contribution in [0.15, 0.2) is 77.6 Å². The van der Waals surface area contributed by atoms with Gasteiger partial charge in [0.05, 0.1) is 24.1 Å². The van der Waals surface area contributed by atoms with E-state index >= 15 is 0 Å². The number of aliphatic hydroxyl groups is 1. The molecule has 0 spiro atoms. The summed E-state index contributed by atoms with van der Waals surface area (Å²) < 4.78 is 17.9. The van der Waals surface area contributed by atoms with Gasteiger partial charge in [0.2, 0.25) is 0 Å². The Hall–Kier alpha value is -3.74. The van der Waals surface area contributed by atoms with Gasteiger partial charge in [-0.05, 0) is 75.1 Å². The minimum absolute atomic E-state index is 0.0140. The number of unbranched alkanes of at least 4 members (excludes halogenated alkanes) is 1. The van der Waals surface area contributed by atoms with E-state index in [2.05, 4.69) is 6.92 Å². The molecule has 4 atom stereocenters. The fraction of sp³-hybridized carbons (Fsp3) is 0.455. The molecule has 0 bridgehead atoms. The van der Waals surface area contributed by atoms with Gasteiger partial charge in [0.25, 0.3) is 0 Å². The molecule has 1 fully saturated rings. The number of ketones is 1. The Balaban J connectivity index is 1.69. The standard InChI is InChI=1S/C33H39NO6/c1-6-7-18-33-19-17-25(35)27-28(33)24(20-34(33)31(37)40-32(2,3)4)30(39-23-11-9-8-10-12-23)26(29(27)36)21-13-15-22(38-5)16-14-21/h8-17,24,26,30,35H,6-7,18-20H2,1-5H3. The van der Waals surface area contributed by atoms with E-state index < -0.39 is 29.3 Å². The van der Waals surface area contributed by atoms with Crippen LogP contribution in [0.25, 0.3) is 0 Å². The zero-order valence-corrected chi connectivity index (χ0v) is 24.0. The highest BCUT2D eigenvalue weighted by atomic mass is 16.6. The lowest BCUT2D eigenvalue weighted by Gasteiger charge is -2.44. The molecular weight excluding hydrogens is 506 g/mol. The van der Waals surface area contributed by atoms with Gasteiger partial charge in [-0.3, -0.25) is 9.69 Å². The maximum Gasteiger partial charge on any atom is 0.411 e. The minimum Gasteiger partial charge on any atom is -0.508 e. The second-order valence-electron chi connectivity index (χ2n) is 11.9. The van der Waals surface area contributed by atoms with Gasteiger partial charge < -0.3 is 19.3 Å². The Bertz CT molecular complexity index is 1320. The highest BCUT2D eigenvalue weighted by Crippen LogP contribution is 2.56. The van der Waals surface area contributed by atoms with Crippen molar-refractivity contribution in [1.29, 1.82) is 0 Å². The first kappa shape index (κ1) is 27.8. The number of likely N-dealkylation sites (tertiary alicyclic amines) is 1. The summed E-state index contributed by atoms with van der Waals surface area (Å²) in [6.07, 6.45) is 3.58. The minimum atomic E-state index is -0.761. The van der Waals surface area contributed by atoms with Crippen LogP contribution in [0.2, 0.25) is 0 Å². The van der Waals surface area contributed by atoms with E-state index in [9.17, 15) is 14.7 Å². The normalized spacial score (nSPS) is 25.8. The third-order valence-corrected chi connectivity index (χ3v) is 8.23. The molecule has 0 saturated carbocycles. The van der Waals surface area contributed by atoms with Gasteiger partial charge in [0.15, 0.2) is 5.78 Å². The predicted molar refractivity (Wildman–Crippen MR) is 153 cm³/mol. The molecule has 0 radical (unpaired) electrons. The van der Waals surface area contributed by atoms with Crippen molar-refractivity contribution in [2.45, 2.75) is 76.5 Å². The van der Waals surface area contributed by atoms with Crippen molar-refractivity contribution in [1.82, 2.24) is 4.90 Å². The summed E-state index contributed by atoms with van der Waals surface area (Å²) in [5.41, 5.74) is 0.465. The van der Waals surface area contributed by atoms with Crippen molar-refractivity contribution < 1.29 is 28.9 Å². The van der Waals surface area contributed by atoms with Gasteiger partial charge in [-0.1, -0.05) is 50.1 Å². The molecule has 1 saturated heterocycles. The second-order valence-corrected chi connectivity index (χ2v) is 11.9. The molecule has 3 aliphatic rings. The molecule has 1 amide bonds. The molecule has 40 heavy (non-hydrogen) atoms. The summed E-state index contributed by atoms with van der Waals surface area (Å²) in [7, 11) is 1.60. The average molecular weight is 546 g/mol. The first-order valence-corrected chi connectivity index (χ1v) is 14.1. The molecule has 4 unspecified atom stereocenters. The number of methoxy groups -OCH3 is 1. The number of ether oxygens (including phenoxy) is 3. The monoisotopic (exact) mass is 545 g/mol. The van der Waals surface area contributed by atoms with Gasteiger partial charge >= 0.3 is 6.09 Å². The van der Waals surface area contributed by atoms with Gasteiger partial charge in [-0.25, -0.2) is 4.79 Å². The molecule has 7 heteroatoms. The van der Waals surface area contributed by atoms with Crippen molar-refractivity contribution in [3.8, 4) is 11.5 Å². The van der Waals surface area contributed by atoms with Crippen molar-refractivity contribution in [2.24, 2.45) is 5.92 Å². The zero-order valence-electron chi connectivity index (χ0n) is 24.0. The van der Waals surface area contributed by atoms with Gasteiger partial charge in [0, 0.05) is 12.5 Å². The highest BCUT2D eigenvalue weighted by molar-refractivity contribution is 6.07. The summed E-state index contributed by atoms with van der Waals surface area (Å²) >= 11 is 0. The van der Waals surface area contributed by atoms with E-state index in [0.717, 1.165) is 24.0 Å². The Morgan fingerprint density at radius 3 is 2.40 bits per heavy atom. The van der Waals surface area contributed by atoms with Gasteiger partial charge in [-0.2, -0.15) is 0 Å². The third-order valence-electron chi connectivity index (χ3n) is 8.23. The number of amides is 1. The molecule has 2 aromatic rings. The lowest BCUT2D eigenvalue weighted by molar-refractivity contribution is -0.120. The van der Waals surface area contributed by atoms with E-state index in [-0.39, 0.29) is 17.5 Å². The van der Waals surface area contributed by atoms with Crippen molar-refractivity contribution >= 4 is 11.9 Å². The Labute approximate surface area is 236 Å². The smallest absolute Gasteiger partial charge is 0.411 e. The third kappa shape index (κ3) is 4.87. The largest absolute Gasteiger partial charge is 0.508 e. The van der Waals surface area contributed by atoms with Crippen LogP contribution in [0.4, 0.5) is 4.79 Å². The number of allylic oxidation sites excluding steroid dienone is 1. The molecule has 5 rings (SSSR count). The van der Waals surface area contributed by atoms with E-state index in [0.29, 0.717) is 36.5 Å². The molecule has 2 aromatic carbocycles. The predicted octanol–water partition coefficient (Wildman–Crippen LogP) is 6.75. The van der Waals surface area contributed by atoms with Crippen LogP contribution in [0, 0.1) is 5.92 Å². The first-order chi connectivity index (χ1) is 19.1. The summed E-state index contributed by atoms with van der Waals surface area (Å²) in [4.78, 5) is 30.0. The lowest BCUT2D eigenvalue weighted by atomic mass is 9.64. The number of Topliss-reactive ketones (excluding diaryl/α,β-unsaturated/α-hetero) is 1. The number of carbonyl (C=O) groups is 2. The maximum atomic E-state index is 14.5. The lowest BCUT2D eigenvalue weighted by Crippen LogP contribution is -2.51. The van der Waals surface area contributed by atoms with Gasteiger partial charge in [-0.15, -0.1) is 0 Å². The highest BCUT2D eigenvalue weighted by Gasteiger charge is 2.62. The quantitative estimate of drug-likeness (QED) is 0.414. The van der Waals surface area contributed by atoms with Crippen molar-refractivity contribution in [2.75, 3.05) is 13.7 Å². The number of rotatable bonds is 7. The fourth-order valence-electron chi connectivity index (χ4n) is 6.53. The van der Waals surface area contributed by atoms with Crippen LogP contribution in [-0.4, -0.2) is 52.8 Å². The Kier molecular flexibility index (Phi) is 7.42. The van der Waals surface area contributed by atoms with Crippen LogP contribution >= 0.6 is 0 Å². The summed E-state index contributed by atoms with van der Waals surface area (Å²) in [5, 5.41) is 11.2. The van der Waals surface area contributed by atoms with Crippen LogP contribution in [0.1, 0.15) is 64.9 Å². The van der Waals surface area contributed by atoms with E-state index in [4.69, 9.17) is 14.2 Å². The molecule has 0 aromatic heterocycles. The molecule has 2 aliphatic carbocycles. The molecule has 1 N–H and O–H groups in total. The number of benzene rings is 2. The Morgan fingerprint density at radius 1 is 1.07 bits per heavy atom. The topological polar surface area (TPSA) is 85.3 Å². The molecule has 1 aliphatic heterocycles. The molecular formula is C33H39NO6. The summed E-state index contributed by atoms with van der Waals surface area (Å²) in [6, 6.07) is 16.9. The number of hydrogen-bond acceptors (Lipinski definition) is 6. The molecule has 7 nitrogen and oxygen atoms in total. The van der Waals surface area contributed by atoms with Crippen molar-refractivity contribution in [3.05, 3.63) is 83.1 Å². The van der Waals surface area contributed by atoms with Crippen LogP contribution in [0.5, 0.6) is 11.5 Å². The zero-order chi connectivity index (χ0) is 28.7. The van der Waals surface area contributed by atoms with E-state index in [1.165, 1.54) is 0 Å². The van der Waals surface area contributed by atoms with Crippen LogP contribution < -0.4 is 9.47 Å². The first-order valence-electron chi connectivity index (χ1n) is 14.1. The summed E-state index contributed by atoms with van der Waals surface area (Å²) in [5.74, 6) is 0.112. The second kappa shape index (κ2) is 10.7. The maximum absolute atomic E-state index is 14.5. The number of aliphatic hydroxyl groups excluding tert-OH is 1. The number of nitrogens with zero attached hydrogens (tertiary/aromatic N) is 1. The van der Waals surface area contributed by atoms with Crippen LogP contribution in [0.3, 0.4) is 0 Å². The SMILES string of the molecule is CCCCC12CC=C(O)C3=C1C(CN2C(=O)OC(C)(C)C)C(Oc1ccccc1)C(c1ccc(OC)cc1)C3=O. The van der Waals surface area contributed by atoms with E-state index in [1.807, 2.05) is 80.3 Å². The summed E-state index contributed by atoms with van der Waals surface area (Å²) in [6.45, 7) is 8.01. The van der Waals surface area contributed by atoms with Crippen LogP contribution in [-0.2, 0) is 9.53 Å². The molecule has 212 valence electrons. The number of para-hydroxylation sites is 1. The van der Waals surface area contributed by atoms with Gasteiger partial charge in [0.1, 0.15) is 29.0 Å². The Morgan fingerprint density at radius 2 is 1.77 bits per heavy atom. The number of hydrogen-bond donors (Lipinski definition) is 1. The number of carbonyl (C=O) groups excluding carboxylic acids is 2. The average Bonchev–Trinajstić information content (AvgIpc) is 3.27. The fourth-order valence-corrected chi connectivity index (χ4v) is 6.53. The van der Waals surface area contributed by atoms with Crippen molar-refractivity contribution in [3.63, 3.8) is 0 Å². The van der Waals surface area contributed by atoms with E-state index in [1.54, 1.807) is 13.2 Å².